The molecule has 0 N–H and O–H groups in total. The van der Waals surface area contributed by atoms with E-state index in [4.69, 9.17) is 34.8 Å². The molecule has 0 aromatic rings. The third-order valence-corrected chi connectivity index (χ3v) is 22.3. The van der Waals surface area contributed by atoms with Gasteiger partial charge in [-0.3, -0.25) is 0 Å². The molecule has 4 aliphatic rings. The molecule has 0 radical (unpaired) electrons. The minimum absolute atomic E-state index is 0.348. The highest BCUT2D eigenvalue weighted by Crippen LogP contribution is 2.91. The third kappa shape index (κ3) is 15.6. The first-order valence-corrected chi connectivity index (χ1v) is 25.4. The van der Waals surface area contributed by atoms with E-state index in [1.54, 1.807) is 0 Å². The lowest BCUT2D eigenvalue weighted by molar-refractivity contribution is 0.579. The minimum Gasteiger partial charge on any atom is -0.127 e. The van der Waals surface area contributed by atoms with E-state index in [0.717, 1.165) is 17.6 Å². The molecule has 266 valence electrons. The molecule has 0 nitrogen and oxygen atoms in total. The van der Waals surface area contributed by atoms with Crippen molar-refractivity contribution in [1.29, 1.82) is 0 Å². The Balaban J connectivity index is 1.70. The van der Waals surface area contributed by atoms with Gasteiger partial charge >= 0.3 is 0 Å². The fourth-order valence-electron chi connectivity index (χ4n) is 6.84. The van der Waals surface area contributed by atoms with E-state index in [9.17, 15) is 0 Å². The van der Waals surface area contributed by atoms with E-state index >= 15 is 0 Å². The van der Waals surface area contributed by atoms with Crippen molar-refractivity contribution < 1.29 is 0 Å². The van der Waals surface area contributed by atoms with E-state index in [1.165, 1.54) is 180 Å². The number of alkyl halides is 3. The molecule has 0 aromatic carbocycles. The lowest BCUT2D eigenvalue weighted by atomic mass is 10.1. The van der Waals surface area contributed by atoms with Gasteiger partial charge in [-0.15, -0.1) is 105 Å². The van der Waals surface area contributed by atoms with Crippen molar-refractivity contribution in [2.45, 2.75) is 200 Å². The van der Waals surface area contributed by atoms with Crippen LogP contribution < -0.4 is 0 Å². The molecule has 4 aliphatic heterocycles. The first-order valence-electron chi connectivity index (χ1n) is 18.9. The third-order valence-electron chi connectivity index (χ3n) is 9.30. The molecule has 0 atom stereocenters. The van der Waals surface area contributed by atoms with Crippen LogP contribution in [0.5, 0.6) is 0 Å². The summed E-state index contributed by atoms with van der Waals surface area (Å²) in [4.78, 5) is 0. The van der Waals surface area contributed by atoms with Crippen LogP contribution in [-0.2, 0) is 0 Å². The fraction of sp³-hybridized carbons (Fsp3) is 1.00. The van der Waals surface area contributed by atoms with Crippen LogP contribution in [0, 0.1) is 0 Å². The lowest BCUT2D eigenvalue weighted by Crippen LogP contribution is -2.53. The van der Waals surface area contributed by atoms with Crippen molar-refractivity contribution in [3.05, 3.63) is 0 Å². The quantitative estimate of drug-likeness (QED) is 0.0503. The van der Waals surface area contributed by atoms with Crippen LogP contribution in [0.3, 0.4) is 0 Å². The van der Waals surface area contributed by atoms with Gasteiger partial charge in [-0.25, -0.2) is 0 Å². The fourth-order valence-corrected chi connectivity index (χ4v) is 29.2. The van der Waals surface area contributed by atoms with Gasteiger partial charge in [-0.2, -0.15) is 0 Å². The molecule has 9 heteroatoms. The van der Waals surface area contributed by atoms with Gasteiger partial charge < -0.3 is 0 Å². The van der Waals surface area contributed by atoms with Gasteiger partial charge in [0, 0.05) is 17.6 Å². The zero-order valence-electron chi connectivity index (χ0n) is 28.5. The Hall–Kier alpha value is 2.97. The second-order valence-electron chi connectivity index (χ2n) is 13.5. The summed E-state index contributed by atoms with van der Waals surface area (Å²) in [6, 6.07) is 0. The molecule has 0 saturated carbocycles. The first-order chi connectivity index (χ1) is 22.0. The van der Waals surface area contributed by atoms with Crippen LogP contribution in [0.15, 0.2) is 0 Å². The van der Waals surface area contributed by atoms with Crippen LogP contribution in [0.1, 0.15) is 187 Å². The van der Waals surface area contributed by atoms with E-state index < -0.39 is 0 Å². The van der Waals surface area contributed by atoms with Gasteiger partial charge in [0.15, 0.2) is 0 Å². The average Bonchev–Trinajstić information content (AvgIpc) is 3.01. The number of thioether (sulfide) groups is 6. The zero-order valence-corrected chi connectivity index (χ0v) is 35.7. The maximum absolute atomic E-state index is 5.95. The van der Waals surface area contributed by atoms with Crippen LogP contribution in [-0.4, -0.2) is 31.3 Å². The SMILES string of the molecule is CCCCCCCCC12SC3(CCCCCCCCCl)SC(CCCCCCCCCl)(S1)SC(CCCCCCCCCl)(S2)S3. The maximum atomic E-state index is 5.95. The standard InChI is InChI=1S/C36H65Cl3S6/c1-2-3-4-5-12-19-26-33-40-34(27-20-13-6-9-16-23-30-37)43-35(41-33,28-21-14-7-10-17-24-31-38)45-36(42-33,44-34)29-22-15-8-11-18-25-32-39/h2-32H2,1H3. The number of hydrogen-bond donors (Lipinski definition) is 0. The summed E-state index contributed by atoms with van der Waals surface area (Å²) in [5.41, 5.74) is 0. The van der Waals surface area contributed by atoms with E-state index in [2.05, 4.69) is 77.5 Å². The van der Waals surface area contributed by atoms with E-state index in [1.807, 2.05) is 0 Å². The number of rotatable bonds is 31. The number of hydrogen-bond acceptors (Lipinski definition) is 6. The summed E-state index contributed by atoms with van der Waals surface area (Å²) >= 11 is 32.5. The molecule has 0 spiro atoms. The summed E-state index contributed by atoms with van der Waals surface area (Å²) < 4.78 is 1.40. The lowest BCUT2D eigenvalue weighted by Gasteiger charge is -2.67. The van der Waals surface area contributed by atoms with E-state index in [0.29, 0.717) is 13.6 Å². The highest BCUT2D eigenvalue weighted by molar-refractivity contribution is 8.64. The van der Waals surface area contributed by atoms with Gasteiger partial charge in [0.2, 0.25) is 0 Å². The molecule has 0 amide bonds. The Labute approximate surface area is 320 Å². The van der Waals surface area contributed by atoms with Gasteiger partial charge in [0.05, 0.1) is 0 Å². The number of unbranched alkanes of at least 4 members (excludes halogenated alkanes) is 20. The Kier molecular flexibility index (Phi) is 22.8. The van der Waals surface area contributed by atoms with Crippen LogP contribution in [0.4, 0.5) is 0 Å². The van der Waals surface area contributed by atoms with Gasteiger partial charge in [0.25, 0.3) is 0 Å². The zero-order chi connectivity index (χ0) is 32.2. The van der Waals surface area contributed by atoms with Crippen molar-refractivity contribution in [2.24, 2.45) is 0 Å². The monoisotopic (exact) mass is 794 g/mol. The molecule has 0 aliphatic carbocycles. The summed E-state index contributed by atoms with van der Waals surface area (Å²) in [6.07, 6.45) is 38.1. The average molecular weight is 797 g/mol. The van der Waals surface area contributed by atoms with Crippen LogP contribution >= 0.6 is 105 Å². The topological polar surface area (TPSA) is 0 Å². The largest absolute Gasteiger partial charge is 0.127 e. The van der Waals surface area contributed by atoms with Crippen LogP contribution in [0.2, 0.25) is 0 Å². The van der Waals surface area contributed by atoms with Crippen LogP contribution in [0.25, 0.3) is 0 Å². The van der Waals surface area contributed by atoms with Crippen molar-refractivity contribution >= 4 is 105 Å². The predicted molar refractivity (Wildman–Crippen MR) is 224 cm³/mol. The summed E-state index contributed by atoms with van der Waals surface area (Å²) in [6.45, 7) is 2.34. The van der Waals surface area contributed by atoms with Crippen molar-refractivity contribution in [3.63, 3.8) is 0 Å². The molecule has 4 fully saturated rings. The normalized spacial score (nSPS) is 28.8. The Bertz CT molecular complexity index is 667. The Morgan fingerprint density at radius 2 is 0.489 bits per heavy atom. The smallest absolute Gasteiger partial charge is 0.113 e. The molecule has 4 bridgehead atoms. The molecule has 45 heavy (non-hydrogen) atoms. The molecule has 4 rings (SSSR count). The predicted octanol–water partition coefficient (Wildman–Crippen LogP) is 16.7. The van der Waals surface area contributed by atoms with Gasteiger partial charge in [0.1, 0.15) is 13.6 Å². The Morgan fingerprint density at radius 3 is 0.711 bits per heavy atom. The summed E-state index contributed by atoms with van der Waals surface area (Å²) in [5.74, 6) is 2.48. The highest BCUT2D eigenvalue weighted by atomic mass is 35.5. The molecule has 4 heterocycles. The molecule has 4 saturated heterocycles. The number of halogens is 3. The van der Waals surface area contributed by atoms with E-state index in [-0.39, 0.29) is 0 Å². The van der Waals surface area contributed by atoms with Gasteiger partial charge in [-0.1, -0.05) is 142 Å². The molecular weight excluding hydrogens is 731 g/mol. The molecule has 0 aromatic heterocycles. The second kappa shape index (κ2) is 24.3. The van der Waals surface area contributed by atoms with Crippen molar-refractivity contribution in [2.75, 3.05) is 17.6 Å². The summed E-state index contributed by atoms with van der Waals surface area (Å²) in [7, 11) is 0. The second-order valence-corrected chi connectivity index (χ2v) is 27.4. The first kappa shape index (κ1) is 42.4. The minimum atomic E-state index is 0.348. The molecule has 0 unspecified atom stereocenters. The van der Waals surface area contributed by atoms with Gasteiger partial charge in [-0.05, 0) is 44.9 Å². The molecular formula is C36H65Cl3S6. The van der Waals surface area contributed by atoms with Crippen molar-refractivity contribution in [3.8, 4) is 0 Å². The summed E-state index contributed by atoms with van der Waals surface area (Å²) in [5, 5.41) is 0. The highest BCUT2D eigenvalue weighted by Gasteiger charge is 2.71. The maximum Gasteiger partial charge on any atom is 0.113 e. The van der Waals surface area contributed by atoms with Crippen molar-refractivity contribution in [1.82, 2.24) is 0 Å². The Morgan fingerprint density at radius 1 is 0.289 bits per heavy atom.